The molecule has 2 heterocycles. The number of anilines is 1. The quantitative estimate of drug-likeness (QED) is 0.731. The molecule has 1 aromatic heterocycles. The molecule has 5 nitrogen and oxygen atoms in total. The molecule has 1 aliphatic heterocycles. The molecule has 0 spiro atoms. The lowest BCUT2D eigenvalue weighted by Crippen LogP contribution is -2.36. The Balaban J connectivity index is 1.55. The Labute approximate surface area is 159 Å². The molecule has 0 aliphatic carbocycles. The van der Waals surface area contributed by atoms with Gasteiger partial charge in [0.25, 0.3) is 0 Å². The highest BCUT2D eigenvalue weighted by Crippen LogP contribution is 2.25. The summed E-state index contributed by atoms with van der Waals surface area (Å²) >= 11 is 3.35. The highest BCUT2D eigenvalue weighted by molar-refractivity contribution is 9.10. The molecule has 0 bridgehead atoms. The van der Waals surface area contributed by atoms with Gasteiger partial charge in [-0.25, -0.2) is 4.98 Å². The van der Waals surface area contributed by atoms with Crippen LogP contribution in [0, 0.1) is 0 Å². The zero-order valence-electron chi connectivity index (χ0n) is 14.1. The highest BCUT2D eigenvalue weighted by Gasteiger charge is 2.12. The van der Waals surface area contributed by atoms with Crippen LogP contribution in [0.4, 0.5) is 14.6 Å². The predicted molar refractivity (Wildman–Crippen MR) is 98.6 cm³/mol. The maximum absolute atomic E-state index is 12.5. The molecule has 3 rings (SSSR count). The second kappa shape index (κ2) is 9.25. The van der Waals surface area contributed by atoms with Crippen molar-refractivity contribution < 1.29 is 18.3 Å². The van der Waals surface area contributed by atoms with Gasteiger partial charge in [-0.1, -0.05) is 22.0 Å². The summed E-state index contributed by atoms with van der Waals surface area (Å²) in [5.41, 5.74) is 1.69. The van der Waals surface area contributed by atoms with Crippen LogP contribution in [-0.2, 0) is 17.8 Å². The van der Waals surface area contributed by atoms with E-state index in [9.17, 15) is 8.78 Å². The molecule has 140 valence electrons. The fourth-order valence-corrected chi connectivity index (χ4v) is 3.15. The van der Waals surface area contributed by atoms with Crippen molar-refractivity contribution in [1.29, 1.82) is 0 Å². The van der Waals surface area contributed by atoms with Crippen molar-refractivity contribution in [3.05, 3.63) is 52.1 Å². The van der Waals surface area contributed by atoms with E-state index in [1.54, 1.807) is 12.1 Å². The van der Waals surface area contributed by atoms with E-state index in [2.05, 4.69) is 35.9 Å². The van der Waals surface area contributed by atoms with Gasteiger partial charge in [-0.15, -0.1) is 0 Å². The van der Waals surface area contributed by atoms with Crippen molar-refractivity contribution in [2.24, 2.45) is 0 Å². The first kappa shape index (κ1) is 19.0. The molecule has 1 fully saturated rings. The Morgan fingerprint density at radius 1 is 1.19 bits per heavy atom. The summed E-state index contributed by atoms with van der Waals surface area (Å²) in [5, 5.41) is 3.24. The summed E-state index contributed by atoms with van der Waals surface area (Å²) in [4.78, 5) is 6.69. The first-order chi connectivity index (χ1) is 12.6. The number of morpholine rings is 1. The van der Waals surface area contributed by atoms with Gasteiger partial charge in [0.1, 0.15) is 11.6 Å². The van der Waals surface area contributed by atoms with Crippen LogP contribution in [0.5, 0.6) is 5.75 Å². The van der Waals surface area contributed by atoms with Crippen molar-refractivity contribution in [2.75, 3.05) is 31.2 Å². The van der Waals surface area contributed by atoms with E-state index >= 15 is 0 Å². The summed E-state index contributed by atoms with van der Waals surface area (Å²) < 4.78 is 35.7. The van der Waals surface area contributed by atoms with Crippen molar-refractivity contribution in [2.45, 2.75) is 19.7 Å². The minimum Gasteiger partial charge on any atom is -0.434 e. The van der Waals surface area contributed by atoms with Crippen LogP contribution in [0.3, 0.4) is 0 Å². The molecule has 1 aromatic carbocycles. The van der Waals surface area contributed by atoms with E-state index in [-0.39, 0.29) is 5.75 Å². The molecule has 2 aromatic rings. The van der Waals surface area contributed by atoms with Gasteiger partial charge in [0, 0.05) is 42.4 Å². The first-order valence-corrected chi connectivity index (χ1v) is 9.13. The minimum absolute atomic E-state index is 0.177. The number of hydrogen-bond donors (Lipinski definition) is 1. The second-order valence-corrected chi connectivity index (χ2v) is 6.77. The van der Waals surface area contributed by atoms with E-state index in [1.165, 1.54) is 6.07 Å². The second-order valence-electron chi connectivity index (χ2n) is 5.86. The summed E-state index contributed by atoms with van der Waals surface area (Å²) in [6.45, 7) is 1.29. The van der Waals surface area contributed by atoms with Crippen LogP contribution in [0.2, 0.25) is 0 Å². The molecule has 0 atom stereocenters. The third-order valence-electron chi connectivity index (χ3n) is 4.03. The number of nitrogens with zero attached hydrogens (tertiary/aromatic N) is 2. The van der Waals surface area contributed by atoms with E-state index < -0.39 is 6.61 Å². The number of pyridine rings is 1. The Hall–Kier alpha value is -1.77. The number of nitrogens with one attached hydrogen (secondary N) is 1. The largest absolute Gasteiger partial charge is 0.434 e. The lowest BCUT2D eigenvalue weighted by molar-refractivity contribution is -0.0505. The Bertz CT molecular complexity index is 710. The average molecular weight is 428 g/mol. The molecule has 1 N–H and O–H groups in total. The molecular formula is C18H20BrF2N3O2. The van der Waals surface area contributed by atoms with Gasteiger partial charge in [-0.05, 0) is 29.8 Å². The SMILES string of the molecule is FC(F)Oc1ccc(Br)cc1CNCc1ccc(N2CCOCC2)nc1. The van der Waals surface area contributed by atoms with Crippen molar-refractivity contribution >= 4 is 21.7 Å². The molecule has 1 aliphatic rings. The van der Waals surface area contributed by atoms with Gasteiger partial charge in [-0.2, -0.15) is 8.78 Å². The molecular weight excluding hydrogens is 408 g/mol. The average Bonchev–Trinajstić information content (AvgIpc) is 2.65. The van der Waals surface area contributed by atoms with Gasteiger partial charge in [0.2, 0.25) is 0 Å². The number of rotatable bonds is 7. The molecule has 0 saturated carbocycles. The lowest BCUT2D eigenvalue weighted by Gasteiger charge is -2.27. The number of ether oxygens (including phenoxy) is 2. The van der Waals surface area contributed by atoms with Crippen molar-refractivity contribution in [3.63, 3.8) is 0 Å². The van der Waals surface area contributed by atoms with E-state index in [4.69, 9.17) is 4.74 Å². The fourth-order valence-electron chi connectivity index (χ4n) is 2.74. The number of hydrogen-bond acceptors (Lipinski definition) is 5. The third kappa shape index (κ3) is 5.36. The Morgan fingerprint density at radius 2 is 2.00 bits per heavy atom. The lowest BCUT2D eigenvalue weighted by atomic mass is 10.2. The van der Waals surface area contributed by atoms with E-state index in [0.29, 0.717) is 18.7 Å². The van der Waals surface area contributed by atoms with Crippen LogP contribution in [0.1, 0.15) is 11.1 Å². The molecule has 1 saturated heterocycles. The standard InChI is InChI=1S/C18H20BrF2N3O2/c19-15-2-3-16(26-18(20)21)14(9-15)12-22-10-13-1-4-17(23-11-13)24-5-7-25-8-6-24/h1-4,9,11,18,22H,5-8,10,12H2. The van der Waals surface area contributed by atoms with Gasteiger partial charge in [0.05, 0.1) is 13.2 Å². The van der Waals surface area contributed by atoms with Crippen LogP contribution in [0.25, 0.3) is 0 Å². The molecule has 26 heavy (non-hydrogen) atoms. The van der Waals surface area contributed by atoms with Crippen LogP contribution in [0.15, 0.2) is 41.0 Å². The van der Waals surface area contributed by atoms with Crippen LogP contribution in [-0.4, -0.2) is 37.9 Å². The van der Waals surface area contributed by atoms with E-state index in [0.717, 1.165) is 42.2 Å². The highest BCUT2D eigenvalue weighted by atomic mass is 79.9. The van der Waals surface area contributed by atoms with Gasteiger partial charge >= 0.3 is 6.61 Å². The van der Waals surface area contributed by atoms with E-state index in [1.807, 2.05) is 18.3 Å². The maximum Gasteiger partial charge on any atom is 0.387 e. The normalized spacial score (nSPS) is 14.7. The predicted octanol–water partition coefficient (Wildman–Crippen LogP) is 3.57. The maximum atomic E-state index is 12.5. The van der Waals surface area contributed by atoms with Crippen LogP contribution >= 0.6 is 15.9 Å². The van der Waals surface area contributed by atoms with Crippen LogP contribution < -0.4 is 15.0 Å². The summed E-state index contributed by atoms with van der Waals surface area (Å²) in [6.07, 6.45) is 1.83. The smallest absolute Gasteiger partial charge is 0.387 e. The zero-order valence-corrected chi connectivity index (χ0v) is 15.7. The number of halogens is 3. The Kier molecular flexibility index (Phi) is 6.76. The Morgan fingerprint density at radius 3 is 2.69 bits per heavy atom. The summed E-state index contributed by atoms with van der Waals surface area (Å²) in [6, 6.07) is 8.99. The minimum atomic E-state index is -2.84. The monoisotopic (exact) mass is 427 g/mol. The van der Waals surface area contributed by atoms with Gasteiger partial charge in [0.15, 0.2) is 0 Å². The molecule has 0 unspecified atom stereocenters. The molecule has 0 amide bonds. The van der Waals surface area contributed by atoms with Gasteiger partial charge < -0.3 is 19.7 Å². The zero-order chi connectivity index (χ0) is 18.4. The summed E-state index contributed by atoms with van der Waals surface area (Å²) in [7, 11) is 0. The molecule has 0 radical (unpaired) electrons. The summed E-state index contributed by atoms with van der Waals surface area (Å²) in [5.74, 6) is 1.12. The van der Waals surface area contributed by atoms with Crippen molar-refractivity contribution in [3.8, 4) is 5.75 Å². The third-order valence-corrected chi connectivity index (χ3v) is 4.52. The number of aromatic nitrogens is 1. The molecule has 8 heteroatoms. The topological polar surface area (TPSA) is 46.6 Å². The fraction of sp³-hybridized carbons (Fsp3) is 0.389. The number of alkyl halides is 2. The van der Waals surface area contributed by atoms with Crippen molar-refractivity contribution in [1.82, 2.24) is 10.3 Å². The van der Waals surface area contributed by atoms with Gasteiger partial charge in [-0.3, -0.25) is 0 Å². The number of benzene rings is 1. The first-order valence-electron chi connectivity index (χ1n) is 8.33.